The third-order valence-corrected chi connectivity index (χ3v) is 4.07. The van der Waals surface area contributed by atoms with E-state index < -0.39 is 35.1 Å². The topological polar surface area (TPSA) is 76.7 Å². The summed E-state index contributed by atoms with van der Waals surface area (Å²) in [7, 11) is 0. The van der Waals surface area contributed by atoms with Crippen LogP contribution in [-0.2, 0) is 4.79 Å². The minimum atomic E-state index is -0.998. The van der Waals surface area contributed by atoms with Crippen LogP contribution in [0.4, 0.5) is 14.5 Å². The van der Waals surface area contributed by atoms with Gasteiger partial charge in [0.2, 0.25) is 12.7 Å². The van der Waals surface area contributed by atoms with Gasteiger partial charge in [0.15, 0.2) is 11.5 Å². The van der Waals surface area contributed by atoms with E-state index in [0.29, 0.717) is 17.2 Å². The van der Waals surface area contributed by atoms with Gasteiger partial charge in [0, 0.05) is 11.8 Å². The number of hydrogen-bond donors (Lipinski definition) is 2. The lowest BCUT2D eigenvalue weighted by atomic mass is 10.0. The summed E-state index contributed by atoms with van der Waals surface area (Å²) in [5.74, 6) is -2.77. The minimum absolute atomic E-state index is 0.103. The quantitative estimate of drug-likeness (QED) is 0.841. The SMILES string of the molecule is CC(C)C(NC(=O)c1c(F)cccc1F)C(=O)Nc1ccc2c(c1)OCO2. The van der Waals surface area contributed by atoms with Gasteiger partial charge in [-0.15, -0.1) is 0 Å². The van der Waals surface area contributed by atoms with E-state index >= 15 is 0 Å². The number of halogens is 2. The fourth-order valence-corrected chi connectivity index (χ4v) is 2.66. The van der Waals surface area contributed by atoms with Crippen molar-refractivity contribution in [3.63, 3.8) is 0 Å². The van der Waals surface area contributed by atoms with Crippen LogP contribution in [-0.4, -0.2) is 24.6 Å². The highest BCUT2D eigenvalue weighted by Crippen LogP contribution is 2.34. The zero-order valence-electron chi connectivity index (χ0n) is 14.7. The molecule has 1 atom stereocenters. The van der Waals surface area contributed by atoms with Crippen LogP contribution in [0.25, 0.3) is 0 Å². The number of amides is 2. The second kappa shape index (κ2) is 7.61. The molecular formula is C19H18F2N2O4. The normalized spacial score (nSPS) is 13.4. The molecule has 1 aliphatic rings. The van der Waals surface area contributed by atoms with Crippen molar-refractivity contribution >= 4 is 17.5 Å². The molecule has 2 aromatic carbocycles. The summed E-state index contributed by atoms with van der Waals surface area (Å²) < 4.78 is 38.1. The van der Waals surface area contributed by atoms with Crippen molar-refractivity contribution in [1.82, 2.24) is 5.32 Å². The molecule has 0 aliphatic carbocycles. The molecule has 0 radical (unpaired) electrons. The van der Waals surface area contributed by atoms with Crippen LogP contribution in [0.2, 0.25) is 0 Å². The van der Waals surface area contributed by atoms with Crippen molar-refractivity contribution in [2.75, 3.05) is 12.1 Å². The first kappa shape index (κ1) is 18.6. The van der Waals surface area contributed by atoms with Gasteiger partial charge in [-0.25, -0.2) is 8.78 Å². The van der Waals surface area contributed by atoms with E-state index in [1.54, 1.807) is 32.0 Å². The average Bonchev–Trinajstić information content (AvgIpc) is 3.06. The van der Waals surface area contributed by atoms with Gasteiger partial charge in [-0.2, -0.15) is 0 Å². The Balaban J connectivity index is 1.75. The maximum atomic E-state index is 13.8. The molecule has 2 amide bonds. The Hall–Kier alpha value is -3.16. The number of hydrogen-bond acceptors (Lipinski definition) is 4. The molecule has 27 heavy (non-hydrogen) atoms. The first-order valence-corrected chi connectivity index (χ1v) is 8.32. The molecule has 8 heteroatoms. The van der Waals surface area contributed by atoms with Crippen molar-refractivity contribution in [3.05, 3.63) is 53.6 Å². The predicted octanol–water partition coefficient (Wildman–Crippen LogP) is 3.09. The van der Waals surface area contributed by atoms with Gasteiger partial charge in [0.1, 0.15) is 23.2 Å². The lowest BCUT2D eigenvalue weighted by Crippen LogP contribution is -2.47. The average molecular weight is 376 g/mol. The zero-order chi connectivity index (χ0) is 19.6. The summed E-state index contributed by atoms with van der Waals surface area (Å²) in [6.07, 6.45) is 0. The summed E-state index contributed by atoms with van der Waals surface area (Å²) >= 11 is 0. The fourth-order valence-electron chi connectivity index (χ4n) is 2.66. The first-order chi connectivity index (χ1) is 12.9. The number of ether oxygens (including phenoxy) is 2. The van der Waals surface area contributed by atoms with E-state index in [9.17, 15) is 18.4 Å². The smallest absolute Gasteiger partial charge is 0.257 e. The summed E-state index contributed by atoms with van der Waals surface area (Å²) in [6.45, 7) is 3.52. The molecule has 0 fully saturated rings. The summed E-state index contributed by atoms with van der Waals surface area (Å²) in [6, 6.07) is 6.99. The highest BCUT2D eigenvalue weighted by molar-refractivity contribution is 6.01. The monoisotopic (exact) mass is 376 g/mol. The summed E-state index contributed by atoms with van der Waals surface area (Å²) in [4.78, 5) is 24.9. The molecule has 0 saturated carbocycles. The second-order valence-electron chi connectivity index (χ2n) is 6.35. The largest absolute Gasteiger partial charge is 0.454 e. The number of fused-ring (bicyclic) bond motifs is 1. The number of anilines is 1. The van der Waals surface area contributed by atoms with E-state index in [1.807, 2.05) is 0 Å². The molecule has 142 valence electrons. The summed E-state index contributed by atoms with van der Waals surface area (Å²) in [5.41, 5.74) is -0.278. The first-order valence-electron chi connectivity index (χ1n) is 8.32. The lowest BCUT2D eigenvalue weighted by Gasteiger charge is -2.22. The number of rotatable bonds is 5. The van der Waals surface area contributed by atoms with E-state index in [2.05, 4.69) is 10.6 Å². The van der Waals surface area contributed by atoms with E-state index in [4.69, 9.17) is 9.47 Å². The number of benzene rings is 2. The molecule has 1 unspecified atom stereocenters. The molecule has 3 rings (SSSR count). The van der Waals surface area contributed by atoms with Gasteiger partial charge in [0.25, 0.3) is 5.91 Å². The van der Waals surface area contributed by atoms with Gasteiger partial charge in [0.05, 0.1) is 0 Å². The number of nitrogens with one attached hydrogen (secondary N) is 2. The van der Waals surface area contributed by atoms with E-state index in [-0.39, 0.29) is 12.7 Å². The van der Waals surface area contributed by atoms with Crippen molar-refractivity contribution in [3.8, 4) is 11.5 Å². The van der Waals surface area contributed by atoms with Crippen LogP contribution in [0, 0.1) is 17.6 Å². The Morgan fingerprint density at radius 3 is 2.37 bits per heavy atom. The molecule has 0 aromatic heterocycles. The van der Waals surface area contributed by atoms with Crippen LogP contribution in [0.15, 0.2) is 36.4 Å². The highest BCUT2D eigenvalue weighted by atomic mass is 19.1. The molecule has 0 bridgehead atoms. The second-order valence-corrected chi connectivity index (χ2v) is 6.35. The van der Waals surface area contributed by atoms with Gasteiger partial charge >= 0.3 is 0 Å². The number of carbonyl (C=O) groups is 2. The van der Waals surface area contributed by atoms with Crippen LogP contribution < -0.4 is 20.1 Å². The summed E-state index contributed by atoms with van der Waals surface area (Å²) in [5, 5.41) is 5.06. The maximum Gasteiger partial charge on any atom is 0.257 e. The third-order valence-electron chi connectivity index (χ3n) is 4.07. The Morgan fingerprint density at radius 1 is 1.04 bits per heavy atom. The van der Waals surface area contributed by atoms with Gasteiger partial charge in [-0.1, -0.05) is 19.9 Å². The molecule has 0 spiro atoms. The van der Waals surface area contributed by atoms with Gasteiger partial charge < -0.3 is 20.1 Å². The predicted molar refractivity (Wildman–Crippen MR) is 93.6 cm³/mol. The van der Waals surface area contributed by atoms with Crippen LogP contribution in [0.5, 0.6) is 11.5 Å². The minimum Gasteiger partial charge on any atom is -0.454 e. The molecule has 0 saturated heterocycles. The Bertz CT molecular complexity index is 866. The van der Waals surface area contributed by atoms with Crippen LogP contribution in [0.3, 0.4) is 0 Å². The van der Waals surface area contributed by atoms with Crippen molar-refractivity contribution in [2.24, 2.45) is 5.92 Å². The van der Waals surface area contributed by atoms with Gasteiger partial charge in [-0.05, 0) is 30.2 Å². The van der Waals surface area contributed by atoms with Gasteiger partial charge in [-0.3, -0.25) is 9.59 Å². The van der Waals surface area contributed by atoms with Crippen LogP contribution in [0.1, 0.15) is 24.2 Å². The van der Waals surface area contributed by atoms with Crippen molar-refractivity contribution in [2.45, 2.75) is 19.9 Å². The zero-order valence-corrected chi connectivity index (χ0v) is 14.7. The standard InChI is InChI=1S/C19H18F2N2O4/c1-10(2)17(23-18(24)16-12(20)4-3-5-13(16)21)19(25)22-11-6-7-14-15(8-11)27-9-26-14/h3-8,10,17H,9H2,1-2H3,(H,22,25)(H,23,24). The molecule has 2 N–H and O–H groups in total. The molecule has 1 aliphatic heterocycles. The van der Waals surface area contributed by atoms with Crippen LogP contribution >= 0.6 is 0 Å². The van der Waals surface area contributed by atoms with E-state index in [0.717, 1.165) is 18.2 Å². The number of carbonyl (C=O) groups excluding carboxylic acids is 2. The Labute approximate surface area is 154 Å². The molecular weight excluding hydrogens is 358 g/mol. The van der Waals surface area contributed by atoms with Crippen molar-refractivity contribution in [1.29, 1.82) is 0 Å². The Kier molecular flexibility index (Phi) is 5.25. The molecule has 6 nitrogen and oxygen atoms in total. The lowest BCUT2D eigenvalue weighted by molar-refractivity contribution is -0.118. The maximum absolute atomic E-state index is 13.8. The molecule has 2 aromatic rings. The molecule has 1 heterocycles. The highest BCUT2D eigenvalue weighted by Gasteiger charge is 2.27. The van der Waals surface area contributed by atoms with E-state index in [1.165, 1.54) is 0 Å². The fraction of sp³-hybridized carbons (Fsp3) is 0.263. The van der Waals surface area contributed by atoms with Crippen molar-refractivity contribution < 1.29 is 27.8 Å². The third kappa shape index (κ3) is 3.99. The Morgan fingerprint density at radius 2 is 1.70 bits per heavy atom.